The van der Waals surface area contributed by atoms with Crippen molar-refractivity contribution < 1.29 is 19.5 Å². The Morgan fingerprint density at radius 1 is 1.04 bits per heavy atom. The molecule has 4 heteroatoms. The number of carbonyl (C=O) groups excluding carboxylic acids is 3. The number of carbonyl (C=O) groups is 3. The summed E-state index contributed by atoms with van der Waals surface area (Å²) in [6.45, 7) is 9.78. The molecule has 1 saturated carbocycles. The molecule has 0 aromatic heterocycles. The van der Waals surface area contributed by atoms with E-state index < -0.39 is 17.0 Å². The Morgan fingerprint density at radius 3 is 2.25 bits per heavy atom. The van der Waals surface area contributed by atoms with Gasteiger partial charge in [-0.2, -0.15) is 0 Å². The Morgan fingerprint density at radius 2 is 1.67 bits per heavy atom. The molecule has 0 aromatic rings. The average Bonchev–Trinajstić information content (AvgIpc) is 2.45. The predicted octanol–water partition coefficient (Wildman–Crippen LogP) is 3.71. The first-order chi connectivity index (χ1) is 11.0. The number of hydrogen-bond donors (Lipinski definition) is 1. The molecular formula is C20H26O4. The van der Waals surface area contributed by atoms with Crippen LogP contribution in [0.1, 0.15) is 60.3 Å². The van der Waals surface area contributed by atoms with Crippen molar-refractivity contribution in [2.24, 2.45) is 22.7 Å². The highest BCUT2D eigenvalue weighted by Crippen LogP contribution is 2.60. The first kappa shape index (κ1) is 17.1. The minimum Gasteiger partial charge on any atom is -0.507 e. The van der Waals surface area contributed by atoms with Gasteiger partial charge in [0.25, 0.3) is 0 Å². The second-order valence-corrected chi connectivity index (χ2v) is 8.76. The van der Waals surface area contributed by atoms with Crippen LogP contribution in [0.5, 0.6) is 0 Å². The molecule has 3 aliphatic rings. The minimum absolute atomic E-state index is 0.0233. The molecule has 3 aliphatic carbocycles. The lowest BCUT2D eigenvalue weighted by molar-refractivity contribution is -0.136. The molecule has 0 heterocycles. The highest BCUT2D eigenvalue weighted by molar-refractivity contribution is 6.51. The molecule has 2 atom stereocenters. The Balaban J connectivity index is 2.29. The van der Waals surface area contributed by atoms with E-state index in [0.717, 1.165) is 19.3 Å². The normalized spacial score (nSPS) is 33.1. The number of aliphatic hydroxyl groups is 1. The molecule has 0 radical (unpaired) electrons. The van der Waals surface area contributed by atoms with Crippen LogP contribution in [0.15, 0.2) is 22.5 Å². The summed E-state index contributed by atoms with van der Waals surface area (Å²) >= 11 is 0. The number of aliphatic hydroxyl groups excluding tert-OH is 1. The van der Waals surface area contributed by atoms with Gasteiger partial charge in [-0.1, -0.05) is 41.0 Å². The summed E-state index contributed by atoms with van der Waals surface area (Å²) in [7, 11) is 0. The predicted molar refractivity (Wildman–Crippen MR) is 90.4 cm³/mol. The van der Waals surface area contributed by atoms with E-state index in [0.29, 0.717) is 6.42 Å². The van der Waals surface area contributed by atoms with E-state index >= 15 is 0 Å². The van der Waals surface area contributed by atoms with Crippen molar-refractivity contribution in [1.29, 1.82) is 0 Å². The van der Waals surface area contributed by atoms with Crippen molar-refractivity contribution in [3.05, 3.63) is 22.5 Å². The molecular weight excluding hydrogens is 304 g/mol. The maximum Gasteiger partial charge on any atom is 0.233 e. The quantitative estimate of drug-likeness (QED) is 0.588. The smallest absolute Gasteiger partial charge is 0.233 e. The minimum atomic E-state index is -0.640. The topological polar surface area (TPSA) is 71.4 Å². The van der Waals surface area contributed by atoms with E-state index in [2.05, 4.69) is 13.8 Å². The third kappa shape index (κ3) is 2.08. The Hall–Kier alpha value is -1.71. The molecule has 2 unspecified atom stereocenters. The van der Waals surface area contributed by atoms with Crippen LogP contribution in [-0.2, 0) is 14.4 Å². The fourth-order valence-corrected chi connectivity index (χ4v) is 5.27. The highest BCUT2D eigenvalue weighted by atomic mass is 16.3. The van der Waals surface area contributed by atoms with Gasteiger partial charge in [-0.15, -0.1) is 0 Å². The van der Waals surface area contributed by atoms with Crippen molar-refractivity contribution in [2.45, 2.75) is 60.3 Å². The number of rotatable bonds is 1. The molecule has 0 bridgehead atoms. The molecule has 0 saturated heterocycles. The van der Waals surface area contributed by atoms with E-state index in [1.807, 2.05) is 6.92 Å². The zero-order chi connectivity index (χ0) is 18.0. The second-order valence-electron chi connectivity index (χ2n) is 8.76. The number of hydrogen-bond acceptors (Lipinski definition) is 4. The van der Waals surface area contributed by atoms with Crippen LogP contribution in [0.2, 0.25) is 0 Å². The molecule has 1 fully saturated rings. The van der Waals surface area contributed by atoms with Crippen LogP contribution in [0.3, 0.4) is 0 Å². The van der Waals surface area contributed by atoms with Gasteiger partial charge in [-0.3, -0.25) is 14.4 Å². The summed E-state index contributed by atoms with van der Waals surface area (Å²) < 4.78 is 0. The molecule has 0 aromatic carbocycles. The summed E-state index contributed by atoms with van der Waals surface area (Å²) in [5, 5.41) is 10.7. The van der Waals surface area contributed by atoms with E-state index in [1.54, 1.807) is 13.8 Å². The van der Waals surface area contributed by atoms with Gasteiger partial charge in [-0.25, -0.2) is 0 Å². The van der Waals surface area contributed by atoms with Crippen molar-refractivity contribution in [2.75, 3.05) is 0 Å². The summed E-state index contributed by atoms with van der Waals surface area (Å²) in [4.78, 5) is 38.4. The van der Waals surface area contributed by atoms with Crippen molar-refractivity contribution in [3.8, 4) is 0 Å². The van der Waals surface area contributed by atoms with Crippen molar-refractivity contribution in [3.63, 3.8) is 0 Å². The van der Waals surface area contributed by atoms with Crippen molar-refractivity contribution >= 4 is 17.3 Å². The van der Waals surface area contributed by atoms with Crippen LogP contribution >= 0.6 is 0 Å². The molecule has 130 valence electrons. The van der Waals surface area contributed by atoms with E-state index in [9.17, 15) is 19.5 Å². The lowest BCUT2D eigenvalue weighted by atomic mass is 9.48. The molecule has 24 heavy (non-hydrogen) atoms. The van der Waals surface area contributed by atoms with Gasteiger partial charge in [0, 0.05) is 23.0 Å². The number of fused-ring (bicyclic) bond motifs is 2. The Bertz CT molecular complexity index is 720. The molecule has 0 amide bonds. The number of ketones is 3. The SMILES string of the molecule is CC(C)C1=C(O)C2=C(C(=O)C1=O)C1(C)CCCC(C)(C)C1CC2=O. The standard InChI is InChI=1S/C20H26O4/c1-10(2)13-16(22)14-11(21)9-12-19(3,4)7-6-8-20(12,5)15(14)18(24)17(13)23/h10,12,22H,6-9H2,1-5H3. The summed E-state index contributed by atoms with van der Waals surface area (Å²) in [6, 6.07) is 0. The van der Waals surface area contributed by atoms with Crippen LogP contribution in [-0.4, -0.2) is 22.5 Å². The van der Waals surface area contributed by atoms with E-state index in [4.69, 9.17) is 0 Å². The van der Waals surface area contributed by atoms with E-state index in [1.165, 1.54) is 0 Å². The zero-order valence-electron chi connectivity index (χ0n) is 15.2. The van der Waals surface area contributed by atoms with Gasteiger partial charge in [0.1, 0.15) is 5.76 Å². The first-order valence-electron chi connectivity index (χ1n) is 8.83. The van der Waals surface area contributed by atoms with Crippen molar-refractivity contribution in [1.82, 2.24) is 0 Å². The lowest BCUT2D eigenvalue weighted by Gasteiger charge is -2.54. The number of allylic oxidation sites excluding steroid dienone is 3. The zero-order valence-corrected chi connectivity index (χ0v) is 15.2. The summed E-state index contributed by atoms with van der Waals surface area (Å²) in [5.41, 5.74) is -0.0939. The van der Waals surface area contributed by atoms with Gasteiger partial charge >= 0.3 is 0 Å². The third-order valence-corrected chi connectivity index (χ3v) is 6.47. The van der Waals surface area contributed by atoms with Gasteiger partial charge in [0.15, 0.2) is 5.78 Å². The monoisotopic (exact) mass is 330 g/mol. The van der Waals surface area contributed by atoms with Crippen LogP contribution in [0.25, 0.3) is 0 Å². The second kappa shape index (κ2) is 5.14. The highest BCUT2D eigenvalue weighted by Gasteiger charge is 2.57. The third-order valence-electron chi connectivity index (χ3n) is 6.47. The molecule has 3 rings (SSSR count). The van der Waals surface area contributed by atoms with Gasteiger partial charge < -0.3 is 5.11 Å². The van der Waals surface area contributed by atoms with Gasteiger partial charge in [0.05, 0.1) is 5.57 Å². The fraction of sp³-hybridized carbons (Fsp3) is 0.650. The Labute approximate surface area is 143 Å². The molecule has 4 nitrogen and oxygen atoms in total. The fourth-order valence-electron chi connectivity index (χ4n) is 5.27. The summed E-state index contributed by atoms with van der Waals surface area (Å²) in [6.07, 6.45) is 3.06. The average molecular weight is 330 g/mol. The maximum absolute atomic E-state index is 12.9. The van der Waals surface area contributed by atoms with Gasteiger partial charge in [-0.05, 0) is 30.1 Å². The summed E-state index contributed by atoms with van der Waals surface area (Å²) in [5.74, 6) is -1.94. The van der Waals surface area contributed by atoms with Gasteiger partial charge in [0.2, 0.25) is 11.6 Å². The van der Waals surface area contributed by atoms with Crippen LogP contribution < -0.4 is 0 Å². The first-order valence-corrected chi connectivity index (χ1v) is 8.83. The maximum atomic E-state index is 12.9. The molecule has 1 N–H and O–H groups in total. The molecule has 0 aliphatic heterocycles. The van der Waals surface area contributed by atoms with Crippen LogP contribution in [0.4, 0.5) is 0 Å². The molecule has 0 spiro atoms. The largest absolute Gasteiger partial charge is 0.507 e. The lowest BCUT2D eigenvalue weighted by Crippen LogP contribution is -2.51. The van der Waals surface area contributed by atoms with Crippen LogP contribution in [0, 0.1) is 22.7 Å². The van der Waals surface area contributed by atoms with E-state index in [-0.39, 0.29) is 45.5 Å². The Kier molecular flexibility index (Phi) is 3.67. The number of Topliss-reactive ketones (excluding diaryl/α,β-unsaturated/α-hetero) is 3.